The second kappa shape index (κ2) is 4.84. The minimum atomic E-state index is 0.503. The van der Waals surface area contributed by atoms with E-state index in [-0.39, 0.29) is 0 Å². The average molecular weight is 225 g/mol. The highest BCUT2D eigenvalue weighted by Gasteiger charge is 2.12. The third kappa shape index (κ3) is 2.63. The standard InChI is InChI=1S/C12H17ClN2/c1-10-7-11(9-13)14-12(8-10)15-5-3-2-4-6-15/h7-8H,2-6,9H2,1H3. The molecule has 0 saturated carbocycles. The van der Waals surface area contributed by atoms with Crippen LogP contribution in [-0.2, 0) is 5.88 Å². The van der Waals surface area contributed by atoms with Gasteiger partial charge in [0, 0.05) is 13.1 Å². The molecule has 0 spiro atoms. The van der Waals surface area contributed by atoms with E-state index in [0.29, 0.717) is 5.88 Å². The Kier molecular flexibility index (Phi) is 3.47. The van der Waals surface area contributed by atoms with Gasteiger partial charge in [0.25, 0.3) is 0 Å². The molecule has 0 amide bonds. The second-order valence-electron chi connectivity index (χ2n) is 4.18. The SMILES string of the molecule is Cc1cc(CCl)nc(N2CCCCC2)c1. The number of hydrogen-bond acceptors (Lipinski definition) is 2. The van der Waals surface area contributed by atoms with Gasteiger partial charge >= 0.3 is 0 Å². The summed E-state index contributed by atoms with van der Waals surface area (Å²) in [7, 11) is 0. The predicted octanol–water partition coefficient (Wildman–Crippen LogP) is 3.12. The monoisotopic (exact) mass is 224 g/mol. The average Bonchev–Trinajstić information content (AvgIpc) is 2.29. The van der Waals surface area contributed by atoms with Crippen molar-refractivity contribution >= 4 is 17.4 Å². The number of nitrogens with zero attached hydrogens (tertiary/aromatic N) is 2. The highest BCUT2D eigenvalue weighted by Crippen LogP contribution is 2.20. The molecule has 82 valence electrons. The molecule has 0 aliphatic carbocycles. The smallest absolute Gasteiger partial charge is 0.129 e. The number of alkyl halides is 1. The molecule has 1 aromatic rings. The number of aromatic nitrogens is 1. The summed E-state index contributed by atoms with van der Waals surface area (Å²) in [5, 5.41) is 0. The summed E-state index contributed by atoms with van der Waals surface area (Å²) in [4.78, 5) is 6.94. The molecule has 3 heteroatoms. The van der Waals surface area contributed by atoms with E-state index in [9.17, 15) is 0 Å². The van der Waals surface area contributed by atoms with Crippen LogP contribution in [0.15, 0.2) is 12.1 Å². The van der Waals surface area contributed by atoms with Crippen LogP contribution in [0.25, 0.3) is 0 Å². The van der Waals surface area contributed by atoms with E-state index >= 15 is 0 Å². The van der Waals surface area contributed by atoms with Gasteiger partial charge in [-0.05, 0) is 43.9 Å². The van der Waals surface area contributed by atoms with Crippen molar-refractivity contribution < 1.29 is 0 Å². The molecule has 1 fully saturated rings. The third-order valence-corrected chi connectivity index (χ3v) is 3.10. The zero-order chi connectivity index (χ0) is 10.7. The van der Waals surface area contributed by atoms with E-state index in [0.717, 1.165) is 24.6 Å². The van der Waals surface area contributed by atoms with Gasteiger partial charge in [0.2, 0.25) is 0 Å². The molecule has 2 heterocycles. The lowest BCUT2D eigenvalue weighted by Gasteiger charge is -2.28. The maximum absolute atomic E-state index is 5.83. The summed E-state index contributed by atoms with van der Waals surface area (Å²) < 4.78 is 0. The minimum Gasteiger partial charge on any atom is -0.357 e. The molecule has 0 atom stereocenters. The number of anilines is 1. The van der Waals surface area contributed by atoms with Crippen molar-refractivity contribution in [2.45, 2.75) is 32.1 Å². The van der Waals surface area contributed by atoms with E-state index in [1.54, 1.807) is 0 Å². The Morgan fingerprint density at radius 1 is 1.27 bits per heavy atom. The van der Waals surface area contributed by atoms with Crippen molar-refractivity contribution in [3.05, 3.63) is 23.4 Å². The topological polar surface area (TPSA) is 16.1 Å². The van der Waals surface area contributed by atoms with Gasteiger partial charge in [0.1, 0.15) is 5.82 Å². The lowest BCUT2D eigenvalue weighted by Crippen LogP contribution is -2.30. The normalized spacial score (nSPS) is 16.8. The van der Waals surface area contributed by atoms with E-state index in [2.05, 4.69) is 28.9 Å². The first-order chi connectivity index (χ1) is 7.29. The van der Waals surface area contributed by atoms with Crippen LogP contribution >= 0.6 is 11.6 Å². The molecular weight excluding hydrogens is 208 g/mol. The molecule has 2 nitrogen and oxygen atoms in total. The van der Waals surface area contributed by atoms with Crippen molar-refractivity contribution in [1.29, 1.82) is 0 Å². The van der Waals surface area contributed by atoms with Gasteiger partial charge in [-0.3, -0.25) is 0 Å². The Balaban J connectivity index is 2.22. The molecule has 1 saturated heterocycles. The van der Waals surface area contributed by atoms with Gasteiger partial charge in [-0.25, -0.2) is 4.98 Å². The fraction of sp³-hybridized carbons (Fsp3) is 0.583. The van der Waals surface area contributed by atoms with E-state index in [1.807, 2.05) is 0 Å². The summed E-state index contributed by atoms with van der Waals surface area (Å²) >= 11 is 5.83. The van der Waals surface area contributed by atoms with Crippen LogP contribution in [0.3, 0.4) is 0 Å². The third-order valence-electron chi connectivity index (χ3n) is 2.83. The van der Waals surface area contributed by atoms with Gasteiger partial charge in [-0.2, -0.15) is 0 Å². The summed E-state index contributed by atoms with van der Waals surface area (Å²) in [6.45, 7) is 4.38. The van der Waals surface area contributed by atoms with Crippen LogP contribution < -0.4 is 4.90 Å². The van der Waals surface area contributed by atoms with Gasteiger partial charge in [-0.1, -0.05) is 0 Å². The summed E-state index contributed by atoms with van der Waals surface area (Å²) in [6.07, 6.45) is 3.92. The van der Waals surface area contributed by atoms with Crippen molar-refractivity contribution in [3.63, 3.8) is 0 Å². The van der Waals surface area contributed by atoms with Gasteiger partial charge < -0.3 is 4.90 Å². The first-order valence-corrected chi connectivity index (χ1v) is 6.11. The Hall–Kier alpha value is -0.760. The number of hydrogen-bond donors (Lipinski definition) is 0. The molecule has 0 bridgehead atoms. The molecule has 1 aliphatic rings. The largest absolute Gasteiger partial charge is 0.357 e. The lowest BCUT2D eigenvalue weighted by molar-refractivity contribution is 0.573. The van der Waals surface area contributed by atoms with Crippen molar-refractivity contribution in [1.82, 2.24) is 4.98 Å². The highest BCUT2D eigenvalue weighted by atomic mass is 35.5. The molecule has 1 aliphatic heterocycles. The van der Waals surface area contributed by atoms with Gasteiger partial charge in [0.15, 0.2) is 0 Å². The number of piperidine rings is 1. The Bertz CT molecular complexity index is 332. The molecule has 0 radical (unpaired) electrons. The fourth-order valence-corrected chi connectivity index (χ4v) is 2.21. The Morgan fingerprint density at radius 3 is 2.67 bits per heavy atom. The first kappa shape index (κ1) is 10.7. The van der Waals surface area contributed by atoms with Gasteiger partial charge in [-0.15, -0.1) is 11.6 Å². The van der Waals surface area contributed by atoms with Crippen LogP contribution in [-0.4, -0.2) is 18.1 Å². The van der Waals surface area contributed by atoms with E-state index in [1.165, 1.54) is 24.8 Å². The number of pyridine rings is 1. The van der Waals surface area contributed by atoms with Crippen molar-refractivity contribution in [3.8, 4) is 0 Å². The summed E-state index contributed by atoms with van der Waals surface area (Å²) in [6, 6.07) is 4.21. The zero-order valence-electron chi connectivity index (χ0n) is 9.17. The Labute approximate surface area is 96.3 Å². The second-order valence-corrected chi connectivity index (χ2v) is 4.44. The van der Waals surface area contributed by atoms with Crippen LogP contribution in [0.4, 0.5) is 5.82 Å². The predicted molar refractivity (Wildman–Crippen MR) is 64.6 cm³/mol. The minimum absolute atomic E-state index is 0.503. The Morgan fingerprint density at radius 2 is 2.00 bits per heavy atom. The van der Waals surface area contributed by atoms with Crippen molar-refractivity contribution in [2.75, 3.05) is 18.0 Å². The number of rotatable bonds is 2. The maximum atomic E-state index is 5.83. The molecule has 15 heavy (non-hydrogen) atoms. The quantitative estimate of drug-likeness (QED) is 0.718. The molecule has 0 aromatic carbocycles. The molecular formula is C12H17ClN2. The molecule has 0 N–H and O–H groups in total. The van der Waals surface area contributed by atoms with Crippen LogP contribution in [0.2, 0.25) is 0 Å². The molecule has 0 unspecified atom stereocenters. The zero-order valence-corrected chi connectivity index (χ0v) is 9.93. The van der Waals surface area contributed by atoms with Crippen LogP contribution in [0.5, 0.6) is 0 Å². The fourth-order valence-electron chi connectivity index (χ4n) is 2.07. The number of aryl methyl sites for hydroxylation is 1. The van der Waals surface area contributed by atoms with Gasteiger partial charge in [0.05, 0.1) is 11.6 Å². The highest BCUT2D eigenvalue weighted by molar-refractivity contribution is 6.16. The molecule has 2 rings (SSSR count). The lowest BCUT2D eigenvalue weighted by atomic mass is 10.1. The van der Waals surface area contributed by atoms with Crippen molar-refractivity contribution in [2.24, 2.45) is 0 Å². The number of halogens is 1. The molecule has 1 aromatic heterocycles. The summed E-state index contributed by atoms with van der Waals surface area (Å²) in [5.41, 5.74) is 2.23. The maximum Gasteiger partial charge on any atom is 0.129 e. The first-order valence-electron chi connectivity index (χ1n) is 5.58. The van der Waals surface area contributed by atoms with E-state index < -0.39 is 0 Å². The van der Waals surface area contributed by atoms with Crippen LogP contribution in [0.1, 0.15) is 30.5 Å². The van der Waals surface area contributed by atoms with Crippen LogP contribution in [0, 0.1) is 6.92 Å². The van der Waals surface area contributed by atoms with E-state index in [4.69, 9.17) is 11.6 Å². The summed E-state index contributed by atoms with van der Waals surface area (Å²) in [5.74, 6) is 1.60.